The minimum Gasteiger partial charge on any atom is -0.454 e. The van der Waals surface area contributed by atoms with Gasteiger partial charge in [-0.05, 0) is 42.3 Å². The van der Waals surface area contributed by atoms with Gasteiger partial charge < -0.3 is 14.4 Å². The van der Waals surface area contributed by atoms with Crippen LogP contribution >= 0.6 is 0 Å². The van der Waals surface area contributed by atoms with Crippen LogP contribution in [-0.2, 0) is 6.54 Å². The zero-order chi connectivity index (χ0) is 18.6. The molecule has 2 aromatic carbocycles. The van der Waals surface area contributed by atoms with E-state index in [2.05, 4.69) is 4.98 Å². The first-order chi connectivity index (χ1) is 13.2. The third kappa shape index (κ3) is 3.62. The van der Waals surface area contributed by atoms with Crippen LogP contribution < -0.4 is 9.47 Å². The lowest BCUT2D eigenvalue weighted by Crippen LogP contribution is -2.33. The molecular weight excluding hydrogens is 340 g/mol. The number of benzene rings is 2. The van der Waals surface area contributed by atoms with Crippen molar-refractivity contribution >= 4 is 5.91 Å². The summed E-state index contributed by atoms with van der Waals surface area (Å²) in [5.74, 6) is 1.42. The molecule has 0 saturated carbocycles. The maximum Gasteiger partial charge on any atom is 0.254 e. The summed E-state index contributed by atoms with van der Waals surface area (Å²) in [5.41, 5.74) is 2.69. The summed E-state index contributed by atoms with van der Waals surface area (Å²) in [5, 5.41) is 0. The molecule has 0 bridgehead atoms. The number of pyridine rings is 1. The van der Waals surface area contributed by atoms with E-state index in [-0.39, 0.29) is 18.7 Å². The first-order valence-electron chi connectivity index (χ1n) is 8.87. The molecule has 1 atom stereocenters. The van der Waals surface area contributed by atoms with Crippen molar-refractivity contribution in [1.29, 1.82) is 0 Å². The van der Waals surface area contributed by atoms with Crippen LogP contribution in [0.3, 0.4) is 0 Å². The van der Waals surface area contributed by atoms with Crippen molar-refractivity contribution in [3.8, 4) is 11.5 Å². The molecule has 2 heterocycles. The number of fused-ring (bicyclic) bond motifs is 1. The van der Waals surface area contributed by atoms with Gasteiger partial charge in [-0.15, -0.1) is 0 Å². The van der Waals surface area contributed by atoms with Gasteiger partial charge in [0.25, 0.3) is 5.91 Å². The van der Waals surface area contributed by atoms with Crippen LogP contribution in [0.25, 0.3) is 0 Å². The molecule has 1 amide bonds. The molecule has 0 unspecified atom stereocenters. The lowest BCUT2D eigenvalue weighted by atomic mass is 10.0. The fourth-order valence-electron chi connectivity index (χ4n) is 3.19. The van der Waals surface area contributed by atoms with E-state index in [0.29, 0.717) is 12.1 Å². The van der Waals surface area contributed by atoms with Crippen LogP contribution in [0.4, 0.5) is 0 Å². The third-order valence-electron chi connectivity index (χ3n) is 4.73. The van der Waals surface area contributed by atoms with E-state index in [1.54, 1.807) is 24.5 Å². The maximum absolute atomic E-state index is 13.2. The van der Waals surface area contributed by atoms with E-state index >= 15 is 0 Å². The van der Waals surface area contributed by atoms with Crippen molar-refractivity contribution in [2.75, 3.05) is 6.79 Å². The monoisotopic (exact) mass is 360 g/mol. The molecule has 1 aliphatic heterocycles. The molecule has 136 valence electrons. The Hall–Kier alpha value is -3.34. The highest BCUT2D eigenvalue weighted by Crippen LogP contribution is 2.34. The van der Waals surface area contributed by atoms with Gasteiger partial charge in [0.1, 0.15) is 0 Å². The Labute approximate surface area is 158 Å². The van der Waals surface area contributed by atoms with Gasteiger partial charge in [0.15, 0.2) is 11.5 Å². The van der Waals surface area contributed by atoms with Crippen LogP contribution in [0.2, 0.25) is 0 Å². The first-order valence-corrected chi connectivity index (χ1v) is 8.87. The van der Waals surface area contributed by atoms with Crippen molar-refractivity contribution in [3.63, 3.8) is 0 Å². The molecule has 3 aromatic rings. The molecular formula is C22H20N2O3. The van der Waals surface area contributed by atoms with Crippen LogP contribution in [-0.4, -0.2) is 22.6 Å². The molecule has 5 heteroatoms. The summed E-state index contributed by atoms with van der Waals surface area (Å²) in [6.07, 6.45) is 3.28. The number of carbonyl (C=O) groups excluding carboxylic acids is 1. The normalized spacial score (nSPS) is 13.2. The van der Waals surface area contributed by atoms with Crippen molar-refractivity contribution < 1.29 is 14.3 Å². The van der Waals surface area contributed by atoms with Gasteiger partial charge in [-0.2, -0.15) is 0 Å². The second-order valence-electron chi connectivity index (χ2n) is 6.44. The summed E-state index contributed by atoms with van der Waals surface area (Å²) in [6, 6.07) is 19.2. The van der Waals surface area contributed by atoms with Gasteiger partial charge in [-0.1, -0.05) is 36.4 Å². The Balaban J connectivity index is 1.66. The SMILES string of the molecule is C[C@@H](c1ccccc1)N(Cc1ccc2c(c1)OCO2)C(=O)c1ccncc1. The Bertz CT molecular complexity index is 929. The number of hydrogen-bond donors (Lipinski definition) is 0. The fraction of sp³-hybridized carbons (Fsp3) is 0.182. The minimum absolute atomic E-state index is 0.0357. The van der Waals surface area contributed by atoms with E-state index in [4.69, 9.17) is 9.47 Å². The van der Waals surface area contributed by atoms with Crippen LogP contribution in [0, 0.1) is 0 Å². The van der Waals surface area contributed by atoms with E-state index in [1.807, 2.05) is 60.4 Å². The predicted octanol–water partition coefficient (Wildman–Crippen LogP) is 4.21. The van der Waals surface area contributed by atoms with Gasteiger partial charge in [0.05, 0.1) is 6.04 Å². The second kappa shape index (κ2) is 7.50. The minimum atomic E-state index is -0.0858. The quantitative estimate of drug-likeness (QED) is 0.684. The molecule has 27 heavy (non-hydrogen) atoms. The van der Waals surface area contributed by atoms with Gasteiger partial charge in [0, 0.05) is 24.5 Å². The summed E-state index contributed by atoms with van der Waals surface area (Å²) in [7, 11) is 0. The van der Waals surface area contributed by atoms with Gasteiger partial charge in [0.2, 0.25) is 6.79 Å². The van der Waals surface area contributed by atoms with Crippen LogP contribution in [0.1, 0.15) is 34.5 Å². The number of aromatic nitrogens is 1. The van der Waals surface area contributed by atoms with Crippen molar-refractivity contribution in [2.24, 2.45) is 0 Å². The third-order valence-corrected chi connectivity index (χ3v) is 4.73. The van der Waals surface area contributed by atoms with Gasteiger partial charge in [-0.25, -0.2) is 0 Å². The highest BCUT2D eigenvalue weighted by molar-refractivity contribution is 5.94. The summed E-state index contributed by atoms with van der Waals surface area (Å²) in [4.78, 5) is 19.1. The Kier molecular flexibility index (Phi) is 4.75. The average Bonchev–Trinajstić information content (AvgIpc) is 3.20. The molecule has 0 spiro atoms. The number of amides is 1. The maximum atomic E-state index is 13.2. The standard InChI is InChI=1S/C22H20N2O3/c1-16(18-5-3-2-4-6-18)24(22(25)19-9-11-23-12-10-19)14-17-7-8-20-21(13-17)27-15-26-20/h2-13,16H,14-15H2,1H3/t16-/m0/s1. The topological polar surface area (TPSA) is 51.7 Å². The Morgan fingerprint density at radius 2 is 1.78 bits per heavy atom. The number of rotatable bonds is 5. The van der Waals surface area contributed by atoms with E-state index in [0.717, 1.165) is 22.6 Å². The zero-order valence-corrected chi connectivity index (χ0v) is 15.0. The lowest BCUT2D eigenvalue weighted by molar-refractivity contribution is 0.0674. The Morgan fingerprint density at radius 1 is 1.04 bits per heavy atom. The van der Waals surface area contributed by atoms with E-state index in [9.17, 15) is 4.79 Å². The molecule has 0 radical (unpaired) electrons. The van der Waals surface area contributed by atoms with Crippen molar-refractivity contribution in [2.45, 2.75) is 19.5 Å². The highest BCUT2D eigenvalue weighted by atomic mass is 16.7. The molecule has 0 aliphatic carbocycles. The first kappa shape index (κ1) is 17.1. The largest absolute Gasteiger partial charge is 0.454 e. The van der Waals surface area contributed by atoms with Crippen molar-refractivity contribution in [1.82, 2.24) is 9.88 Å². The summed E-state index contributed by atoms with van der Waals surface area (Å²) >= 11 is 0. The second-order valence-corrected chi connectivity index (χ2v) is 6.44. The smallest absolute Gasteiger partial charge is 0.254 e. The number of nitrogens with zero attached hydrogens (tertiary/aromatic N) is 2. The van der Waals surface area contributed by atoms with E-state index in [1.165, 1.54) is 0 Å². The molecule has 4 rings (SSSR count). The molecule has 0 N–H and O–H groups in total. The summed E-state index contributed by atoms with van der Waals surface area (Å²) < 4.78 is 10.9. The molecule has 1 aliphatic rings. The average molecular weight is 360 g/mol. The van der Waals surface area contributed by atoms with Crippen LogP contribution in [0.15, 0.2) is 73.1 Å². The van der Waals surface area contributed by atoms with Gasteiger partial charge in [-0.3, -0.25) is 9.78 Å². The molecule has 0 fully saturated rings. The number of hydrogen-bond acceptors (Lipinski definition) is 4. The van der Waals surface area contributed by atoms with E-state index < -0.39 is 0 Å². The molecule has 1 aromatic heterocycles. The zero-order valence-electron chi connectivity index (χ0n) is 15.0. The molecule has 5 nitrogen and oxygen atoms in total. The van der Waals surface area contributed by atoms with Crippen molar-refractivity contribution in [3.05, 3.63) is 89.7 Å². The van der Waals surface area contributed by atoms with Gasteiger partial charge >= 0.3 is 0 Å². The fourth-order valence-corrected chi connectivity index (χ4v) is 3.19. The van der Waals surface area contributed by atoms with Crippen LogP contribution in [0.5, 0.6) is 11.5 Å². The Morgan fingerprint density at radius 3 is 2.56 bits per heavy atom. The summed E-state index contributed by atoms with van der Waals surface area (Å²) in [6.45, 7) is 2.74. The predicted molar refractivity (Wildman–Crippen MR) is 102 cm³/mol. The molecule has 0 saturated heterocycles. The number of carbonyl (C=O) groups is 1. The highest BCUT2D eigenvalue weighted by Gasteiger charge is 2.24. The lowest BCUT2D eigenvalue weighted by Gasteiger charge is -2.30. The number of ether oxygens (including phenoxy) is 2.